The highest BCUT2D eigenvalue weighted by atomic mass is 15.0. The zero-order chi connectivity index (χ0) is 19.1. The molecule has 5 rings (SSSR count). The van der Waals surface area contributed by atoms with Gasteiger partial charge in [-0.05, 0) is 56.2 Å². The van der Waals surface area contributed by atoms with Crippen LogP contribution in [-0.4, -0.2) is 4.98 Å². The van der Waals surface area contributed by atoms with Crippen molar-refractivity contribution < 1.29 is 4.57 Å². The summed E-state index contributed by atoms with van der Waals surface area (Å²) in [6.07, 6.45) is 3.90. The molecule has 0 spiro atoms. The van der Waals surface area contributed by atoms with Crippen LogP contribution in [-0.2, 0) is 7.05 Å². The molecule has 0 aliphatic heterocycles. The Hall–Kier alpha value is -3.52. The molecule has 134 valence electrons. The van der Waals surface area contributed by atoms with Crippen molar-refractivity contribution in [1.82, 2.24) is 4.98 Å². The van der Waals surface area contributed by atoms with Crippen LogP contribution in [0.3, 0.4) is 0 Å². The lowest BCUT2D eigenvalue weighted by atomic mass is 9.92. The number of nitrogens with zero attached hydrogens (tertiary/aromatic N) is 2. The molecule has 0 bridgehead atoms. The zero-order valence-electron chi connectivity index (χ0n) is 16.1. The van der Waals surface area contributed by atoms with Crippen LogP contribution < -0.4 is 4.57 Å². The van der Waals surface area contributed by atoms with Crippen molar-refractivity contribution in [2.75, 3.05) is 0 Å². The molecular formula is C26H21N2+. The molecule has 0 saturated carbocycles. The lowest BCUT2D eigenvalue weighted by Gasteiger charge is -2.12. The number of fused-ring (bicyclic) bond motifs is 3. The Morgan fingerprint density at radius 3 is 2.46 bits per heavy atom. The molecule has 0 saturated heterocycles. The van der Waals surface area contributed by atoms with Crippen molar-refractivity contribution in [2.24, 2.45) is 7.05 Å². The second-order valence-electron chi connectivity index (χ2n) is 7.27. The lowest BCUT2D eigenvalue weighted by molar-refractivity contribution is -0.663. The van der Waals surface area contributed by atoms with Crippen molar-refractivity contribution >= 4 is 21.5 Å². The number of hydrogen-bond donors (Lipinski definition) is 0. The predicted molar refractivity (Wildman–Crippen MR) is 116 cm³/mol. The quantitative estimate of drug-likeness (QED) is 0.284. The summed E-state index contributed by atoms with van der Waals surface area (Å²) in [5.74, 6) is 0.979. The minimum atomic E-state index is 0.979. The van der Waals surface area contributed by atoms with Crippen LogP contribution in [0.1, 0.15) is 5.56 Å². The van der Waals surface area contributed by atoms with E-state index in [0.717, 1.165) is 11.4 Å². The fraction of sp³-hybridized carbons (Fsp3) is 0.0769. The predicted octanol–water partition coefficient (Wildman–Crippen LogP) is 5.85. The zero-order valence-corrected chi connectivity index (χ0v) is 16.1. The van der Waals surface area contributed by atoms with E-state index in [1.54, 1.807) is 0 Å². The number of aryl methyl sites for hydroxylation is 2. The molecule has 2 heteroatoms. The Labute approximate surface area is 164 Å². The second-order valence-corrected chi connectivity index (χ2v) is 7.27. The molecule has 0 atom stereocenters. The standard InChI is InChI=1S/C26H21N2/c1-18-11-12-21(17-24(18)26-27-15-6-16-28(26)2)23-10-5-8-20-14-13-19-7-3-4-9-22(19)25(20)23/h3-17H,1-2H3/q+1. The highest BCUT2D eigenvalue weighted by Gasteiger charge is 2.16. The molecule has 0 amide bonds. The highest BCUT2D eigenvalue weighted by molar-refractivity contribution is 6.14. The molecule has 4 aromatic carbocycles. The SMILES string of the molecule is Cc1ccc(-c2cccc3ccc4ccccc4c23)cc1-c1nccc[n+]1C. The van der Waals surface area contributed by atoms with Crippen LogP contribution in [0.5, 0.6) is 0 Å². The molecule has 2 nitrogen and oxygen atoms in total. The van der Waals surface area contributed by atoms with Crippen molar-refractivity contribution in [2.45, 2.75) is 6.92 Å². The fourth-order valence-electron chi connectivity index (χ4n) is 4.03. The van der Waals surface area contributed by atoms with E-state index >= 15 is 0 Å². The van der Waals surface area contributed by atoms with E-state index in [1.807, 2.05) is 25.5 Å². The van der Waals surface area contributed by atoms with E-state index in [4.69, 9.17) is 0 Å². The van der Waals surface area contributed by atoms with Crippen LogP contribution in [0, 0.1) is 6.92 Å². The maximum absolute atomic E-state index is 4.62. The fourth-order valence-corrected chi connectivity index (χ4v) is 4.03. The van der Waals surface area contributed by atoms with Crippen molar-refractivity contribution in [1.29, 1.82) is 0 Å². The van der Waals surface area contributed by atoms with E-state index < -0.39 is 0 Å². The van der Waals surface area contributed by atoms with E-state index in [0.29, 0.717) is 0 Å². The third-order valence-electron chi connectivity index (χ3n) is 5.49. The maximum atomic E-state index is 4.62. The van der Waals surface area contributed by atoms with Crippen molar-refractivity contribution in [3.8, 4) is 22.5 Å². The molecule has 0 radical (unpaired) electrons. The third-order valence-corrected chi connectivity index (χ3v) is 5.49. The normalized spacial score (nSPS) is 11.2. The van der Waals surface area contributed by atoms with Gasteiger partial charge in [0.25, 0.3) is 0 Å². The van der Waals surface area contributed by atoms with Gasteiger partial charge in [0.1, 0.15) is 6.20 Å². The Bertz CT molecular complexity index is 1340. The summed E-state index contributed by atoms with van der Waals surface area (Å²) in [6.45, 7) is 2.15. The van der Waals surface area contributed by atoms with Gasteiger partial charge in [-0.1, -0.05) is 66.7 Å². The number of rotatable bonds is 2. The van der Waals surface area contributed by atoms with E-state index in [9.17, 15) is 0 Å². The van der Waals surface area contributed by atoms with Gasteiger partial charge in [0, 0.05) is 6.07 Å². The molecule has 0 aliphatic carbocycles. The van der Waals surface area contributed by atoms with Gasteiger partial charge in [-0.15, -0.1) is 0 Å². The summed E-state index contributed by atoms with van der Waals surface area (Å²) >= 11 is 0. The minimum Gasteiger partial charge on any atom is -0.233 e. The van der Waals surface area contributed by atoms with E-state index in [1.165, 1.54) is 38.2 Å². The summed E-state index contributed by atoms with van der Waals surface area (Å²) in [5, 5.41) is 5.13. The van der Waals surface area contributed by atoms with Gasteiger partial charge in [0.15, 0.2) is 0 Å². The first-order chi connectivity index (χ1) is 13.7. The molecule has 0 aliphatic rings. The molecule has 0 N–H and O–H groups in total. The van der Waals surface area contributed by atoms with Gasteiger partial charge in [-0.25, -0.2) is 4.57 Å². The Balaban J connectivity index is 1.81. The maximum Gasteiger partial charge on any atom is 0.330 e. The third kappa shape index (κ3) is 2.66. The second kappa shape index (κ2) is 6.58. The van der Waals surface area contributed by atoms with Gasteiger partial charge in [-0.3, -0.25) is 0 Å². The van der Waals surface area contributed by atoms with Crippen LogP contribution >= 0.6 is 0 Å². The smallest absolute Gasteiger partial charge is 0.233 e. The van der Waals surface area contributed by atoms with Crippen LogP contribution in [0.15, 0.2) is 91.3 Å². The average molecular weight is 361 g/mol. The van der Waals surface area contributed by atoms with Crippen molar-refractivity contribution in [3.05, 3.63) is 96.8 Å². The summed E-state index contributed by atoms with van der Waals surface area (Å²) in [5.41, 5.74) is 4.86. The summed E-state index contributed by atoms with van der Waals surface area (Å²) in [4.78, 5) is 4.62. The summed E-state index contributed by atoms with van der Waals surface area (Å²) in [6, 6.07) is 28.2. The van der Waals surface area contributed by atoms with E-state index in [2.05, 4.69) is 89.3 Å². The van der Waals surface area contributed by atoms with Gasteiger partial charge in [0.05, 0.1) is 18.8 Å². The Kier molecular flexibility index (Phi) is 3.91. The van der Waals surface area contributed by atoms with Gasteiger partial charge in [0.2, 0.25) is 0 Å². The number of benzene rings is 4. The highest BCUT2D eigenvalue weighted by Crippen LogP contribution is 2.36. The van der Waals surface area contributed by atoms with Crippen LogP contribution in [0.4, 0.5) is 0 Å². The topological polar surface area (TPSA) is 16.8 Å². The number of hydrogen-bond acceptors (Lipinski definition) is 1. The Morgan fingerprint density at radius 2 is 1.57 bits per heavy atom. The van der Waals surface area contributed by atoms with Gasteiger partial charge in [-0.2, -0.15) is 0 Å². The Morgan fingerprint density at radius 1 is 0.750 bits per heavy atom. The largest absolute Gasteiger partial charge is 0.330 e. The van der Waals surface area contributed by atoms with Crippen molar-refractivity contribution in [3.63, 3.8) is 0 Å². The molecule has 0 fully saturated rings. The van der Waals surface area contributed by atoms with Gasteiger partial charge < -0.3 is 0 Å². The lowest BCUT2D eigenvalue weighted by Crippen LogP contribution is -2.31. The van der Waals surface area contributed by atoms with Gasteiger partial charge >= 0.3 is 5.82 Å². The first-order valence-corrected chi connectivity index (χ1v) is 9.55. The molecule has 0 unspecified atom stereocenters. The molecule has 28 heavy (non-hydrogen) atoms. The molecule has 1 aromatic heterocycles. The first-order valence-electron chi connectivity index (χ1n) is 9.55. The van der Waals surface area contributed by atoms with E-state index in [-0.39, 0.29) is 0 Å². The average Bonchev–Trinajstić information content (AvgIpc) is 2.74. The number of aromatic nitrogens is 2. The first kappa shape index (κ1) is 16.6. The summed E-state index contributed by atoms with van der Waals surface area (Å²) < 4.78 is 2.07. The summed E-state index contributed by atoms with van der Waals surface area (Å²) in [7, 11) is 2.04. The molecule has 1 heterocycles. The molecule has 5 aromatic rings. The monoisotopic (exact) mass is 361 g/mol. The van der Waals surface area contributed by atoms with Crippen LogP contribution in [0.25, 0.3) is 44.1 Å². The van der Waals surface area contributed by atoms with Crippen LogP contribution in [0.2, 0.25) is 0 Å². The molecular weight excluding hydrogens is 340 g/mol. The minimum absolute atomic E-state index is 0.979.